The van der Waals surface area contributed by atoms with Gasteiger partial charge in [-0.2, -0.15) is 0 Å². The summed E-state index contributed by atoms with van der Waals surface area (Å²) in [6, 6.07) is 30.2. The summed E-state index contributed by atoms with van der Waals surface area (Å²) in [6.45, 7) is 0. The van der Waals surface area contributed by atoms with E-state index in [4.69, 9.17) is 4.74 Å². The molecule has 3 nitrogen and oxygen atoms in total. The second-order valence-electron chi connectivity index (χ2n) is 6.10. The number of hydrogen-bond donors (Lipinski definition) is 1. The molecule has 1 aliphatic heterocycles. The maximum absolute atomic E-state index is 12.7. The van der Waals surface area contributed by atoms with Crippen LogP contribution in [0, 0.1) is 0 Å². The second-order valence-corrected chi connectivity index (χ2v) is 9.65. The normalized spacial score (nSPS) is 16.8. The minimum Gasteiger partial charge on any atom is -0.481 e. The Morgan fingerprint density at radius 2 is 1.08 bits per heavy atom. The number of carbonyl (C=O) groups is 1. The van der Waals surface area contributed by atoms with Gasteiger partial charge in [0.2, 0.25) is 5.66 Å². The Morgan fingerprint density at radius 1 is 0.692 bits per heavy atom. The van der Waals surface area contributed by atoms with Gasteiger partial charge in [0.1, 0.15) is 23.2 Å². The Morgan fingerprint density at radius 3 is 1.38 bits per heavy atom. The van der Waals surface area contributed by atoms with Crippen LogP contribution >= 0.6 is 7.26 Å². The summed E-state index contributed by atoms with van der Waals surface area (Å²) in [6.07, 6.45) is 1.56. The highest BCUT2D eigenvalue weighted by atomic mass is 31.2. The summed E-state index contributed by atoms with van der Waals surface area (Å²) in [5.41, 5.74) is -0.560. The van der Waals surface area contributed by atoms with Gasteiger partial charge in [0.05, 0.1) is 0 Å². The predicted octanol–water partition coefficient (Wildman–Crippen LogP) is 3.31. The quantitative estimate of drug-likeness (QED) is 0.573. The van der Waals surface area contributed by atoms with E-state index in [2.05, 4.69) is 36.4 Å². The Labute approximate surface area is 152 Å². The monoisotopic (exact) mass is 361 g/mol. The van der Waals surface area contributed by atoms with Crippen LogP contribution in [-0.4, -0.2) is 16.7 Å². The predicted molar refractivity (Wildman–Crippen MR) is 106 cm³/mol. The van der Waals surface area contributed by atoms with E-state index in [1.165, 1.54) is 0 Å². The van der Waals surface area contributed by atoms with Crippen LogP contribution < -0.4 is 15.9 Å². The minimum atomic E-state index is -2.41. The molecular weight excluding hydrogens is 343 g/mol. The van der Waals surface area contributed by atoms with E-state index in [-0.39, 0.29) is 5.95 Å². The molecule has 0 saturated heterocycles. The van der Waals surface area contributed by atoms with Crippen LogP contribution in [0.1, 0.15) is 0 Å². The molecule has 0 bridgehead atoms. The van der Waals surface area contributed by atoms with Crippen molar-refractivity contribution < 1.29 is 14.6 Å². The highest BCUT2D eigenvalue weighted by molar-refractivity contribution is 7.97. The number of esters is 1. The molecule has 0 saturated carbocycles. The SMILES string of the molecule is O=C1OC(O)=C[C@H]1[P+](c1ccccc1)(c1ccccc1)c1ccccc1. The van der Waals surface area contributed by atoms with Crippen molar-refractivity contribution in [2.24, 2.45) is 0 Å². The number of carbonyl (C=O) groups excluding carboxylic acids is 1. The maximum Gasteiger partial charge on any atom is 0.360 e. The van der Waals surface area contributed by atoms with Crippen LogP contribution in [0.25, 0.3) is 0 Å². The zero-order valence-electron chi connectivity index (χ0n) is 14.0. The first kappa shape index (κ1) is 16.6. The molecule has 0 aromatic heterocycles. The zero-order valence-corrected chi connectivity index (χ0v) is 14.9. The molecule has 0 fully saturated rings. The number of aliphatic hydroxyl groups is 1. The molecule has 0 spiro atoms. The first-order valence-corrected chi connectivity index (χ1v) is 10.3. The van der Waals surface area contributed by atoms with Gasteiger partial charge < -0.3 is 9.84 Å². The lowest BCUT2D eigenvalue weighted by Crippen LogP contribution is -2.40. The van der Waals surface area contributed by atoms with Crippen molar-refractivity contribution in [3.05, 3.63) is 103 Å². The van der Waals surface area contributed by atoms with Crippen molar-refractivity contribution in [2.45, 2.75) is 5.66 Å². The van der Waals surface area contributed by atoms with Gasteiger partial charge in [-0.05, 0) is 36.4 Å². The molecule has 1 aliphatic rings. The van der Waals surface area contributed by atoms with E-state index in [0.717, 1.165) is 15.9 Å². The van der Waals surface area contributed by atoms with Gasteiger partial charge >= 0.3 is 5.97 Å². The third-order valence-corrected chi connectivity index (χ3v) is 9.19. The van der Waals surface area contributed by atoms with Crippen molar-refractivity contribution in [3.63, 3.8) is 0 Å². The average Bonchev–Trinajstić information content (AvgIpc) is 3.03. The van der Waals surface area contributed by atoms with Crippen molar-refractivity contribution in [3.8, 4) is 0 Å². The molecule has 4 heteroatoms. The number of rotatable bonds is 4. The van der Waals surface area contributed by atoms with Gasteiger partial charge in [0.15, 0.2) is 0 Å². The molecule has 128 valence electrons. The summed E-state index contributed by atoms with van der Waals surface area (Å²) in [5, 5.41) is 13.1. The summed E-state index contributed by atoms with van der Waals surface area (Å²) in [5.74, 6) is -0.723. The van der Waals surface area contributed by atoms with Gasteiger partial charge in [-0.3, -0.25) is 0 Å². The molecule has 0 amide bonds. The fourth-order valence-electron chi connectivity index (χ4n) is 3.59. The van der Waals surface area contributed by atoms with Crippen LogP contribution in [0.5, 0.6) is 0 Å². The largest absolute Gasteiger partial charge is 0.481 e. The van der Waals surface area contributed by atoms with Gasteiger partial charge in [0, 0.05) is 6.08 Å². The fraction of sp³-hybridized carbons (Fsp3) is 0.0455. The Bertz CT molecular complexity index is 840. The average molecular weight is 361 g/mol. The van der Waals surface area contributed by atoms with Gasteiger partial charge in [-0.25, -0.2) is 4.79 Å². The molecule has 3 aromatic rings. The third kappa shape index (κ3) is 2.61. The van der Waals surface area contributed by atoms with Crippen LogP contribution in [0.3, 0.4) is 0 Å². The molecule has 3 aromatic carbocycles. The van der Waals surface area contributed by atoms with Crippen molar-refractivity contribution in [1.82, 2.24) is 0 Å². The molecule has 0 radical (unpaired) electrons. The summed E-state index contributed by atoms with van der Waals surface area (Å²) in [7, 11) is -2.41. The minimum absolute atomic E-state index is 0.313. The lowest BCUT2D eigenvalue weighted by molar-refractivity contribution is -0.139. The third-order valence-electron chi connectivity index (χ3n) is 4.65. The molecular formula is C22H18O3P+. The number of benzene rings is 3. The summed E-state index contributed by atoms with van der Waals surface area (Å²) < 4.78 is 5.05. The summed E-state index contributed by atoms with van der Waals surface area (Å²) >= 11 is 0. The number of ether oxygens (including phenoxy) is 1. The van der Waals surface area contributed by atoms with Crippen LogP contribution in [0.2, 0.25) is 0 Å². The summed E-state index contributed by atoms with van der Waals surface area (Å²) in [4.78, 5) is 12.7. The van der Waals surface area contributed by atoms with E-state index in [1.54, 1.807) is 6.08 Å². The van der Waals surface area contributed by atoms with Gasteiger partial charge in [-0.1, -0.05) is 54.6 Å². The topological polar surface area (TPSA) is 46.5 Å². The van der Waals surface area contributed by atoms with E-state index < -0.39 is 18.9 Å². The lowest BCUT2D eigenvalue weighted by atomic mass is 10.3. The molecule has 0 aliphatic carbocycles. The second kappa shape index (κ2) is 6.78. The van der Waals surface area contributed by atoms with Crippen LogP contribution in [0.15, 0.2) is 103 Å². The smallest absolute Gasteiger partial charge is 0.360 e. The maximum atomic E-state index is 12.7. The fourth-order valence-corrected chi connectivity index (χ4v) is 8.09. The molecule has 26 heavy (non-hydrogen) atoms. The van der Waals surface area contributed by atoms with Crippen molar-refractivity contribution in [1.29, 1.82) is 0 Å². The Kier molecular flexibility index (Phi) is 4.32. The van der Waals surface area contributed by atoms with Crippen molar-refractivity contribution >= 4 is 29.1 Å². The van der Waals surface area contributed by atoms with E-state index in [0.29, 0.717) is 0 Å². The van der Waals surface area contributed by atoms with Gasteiger partial charge in [-0.15, -0.1) is 0 Å². The highest BCUT2D eigenvalue weighted by Gasteiger charge is 2.58. The van der Waals surface area contributed by atoms with E-state index in [1.807, 2.05) is 54.6 Å². The molecule has 1 atom stereocenters. The Hall–Kier alpha value is -2.90. The van der Waals surface area contributed by atoms with E-state index in [9.17, 15) is 9.90 Å². The standard InChI is InChI=1S/C22H17O3P/c23-21-16-20(22(24)25-21)26(17-10-4-1-5-11-17,18-12-6-2-7-13-18)19-14-8-3-9-15-19/h1-16,20H/p+1/t20-/m1/s1. The first-order valence-electron chi connectivity index (χ1n) is 8.41. The molecule has 4 rings (SSSR count). The lowest BCUT2D eigenvalue weighted by Gasteiger charge is -2.29. The zero-order chi connectivity index (χ0) is 18.0. The van der Waals surface area contributed by atoms with Gasteiger partial charge in [0.25, 0.3) is 5.95 Å². The van der Waals surface area contributed by atoms with Crippen LogP contribution in [-0.2, 0) is 9.53 Å². The highest BCUT2D eigenvalue weighted by Crippen LogP contribution is 2.61. The molecule has 1 heterocycles. The molecule has 0 unspecified atom stereocenters. The number of hydrogen-bond acceptors (Lipinski definition) is 3. The van der Waals surface area contributed by atoms with Crippen LogP contribution in [0.4, 0.5) is 0 Å². The first-order chi connectivity index (χ1) is 12.7. The number of aliphatic hydroxyl groups excluding tert-OH is 1. The van der Waals surface area contributed by atoms with Crippen molar-refractivity contribution in [2.75, 3.05) is 0 Å². The molecule has 1 N–H and O–H groups in total. The van der Waals surface area contributed by atoms with E-state index >= 15 is 0 Å². The number of cyclic esters (lactones) is 1. The Balaban J connectivity index is 2.09.